The maximum absolute atomic E-state index is 12.2. The molecule has 0 bridgehead atoms. The smallest absolute Gasteiger partial charge is 0.226 e. The number of fused-ring (bicyclic) bond motifs is 1. The van der Waals surface area contributed by atoms with Crippen LogP contribution in [-0.2, 0) is 21.1 Å². The third kappa shape index (κ3) is 3.65. The van der Waals surface area contributed by atoms with Crippen LogP contribution in [0, 0.1) is 0 Å². The molecule has 0 fully saturated rings. The third-order valence-electron chi connectivity index (χ3n) is 3.67. The molecule has 126 valence electrons. The number of hydrogen-bond donors (Lipinski definition) is 1. The number of carbonyl (C=O) groups is 1. The van der Waals surface area contributed by atoms with Gasteiger partial charge in [0.25, 0.3) is 0 Å². The Morgan fingerprint density at radius 1 is 1.33 bits per heavy atom. The summed E-state index contributed by atoms with van der Waals surface area (Å²) in [6, 6.07) is 6.32. The molecule has 2 aromatic heterocycles. The maximum atomic E-state index is 12.2. The predicted octanol–water partition coefficient (Wildman–Crippen LogP) is 2.22. The molecule has 6 nitrogen and oxygen atoms in total. The second-order valence-corrected chi connectivity index (χ2v) is 8.52. The number of sulfone groups is 1. The van der Waals surface area contributed by atoms with Gasteiger partial charge >= 0.3 is 0 Å². The van der Waals surface area contributed by atoms with Crippen molar-refractivity contribution < 1.29 is 13.2 Å². The molecule has 1 unspecified atom stereocenters. The van der Waals surface area contributed by atoms with Crippen molar-refractivity contribution in [1.29, 1.82) is 0 Å². The van der Waals surface area contributed by atoms with Crippen LogP contribution in [-0.4, -0.2) is 30.0 Å². The zero-order valence-corrected chi connectivity index (χ0v) is 14.9. The molecule has 1 aromatic carbocycles. The van der Waals surface area contributed by atoms with E-state index in [1.165, 1.54) is 17.6 Å². The monoisotopic (exact) mass is 363 g/mol. The van der Waals surface area contributed by atoms with Crippen molar-refractivity contribution in [2.45, 2.75) is 24.3 Å². The highest BCUT2D eigenvalue weighted by molar-refractivity contribution is 7.90. The molecule has 0 radical (unpaired) electrons. The molecule has 0 spiro atoms. The van der Waals surface area contributed by atoms with E-state index in [-0.39, 0.29) is 23.3 Å². The van der Waals surface area contributed by atoms with Crippen molar-refractivity contribution in [1.82, 2.24) is 14.7 Å². The van der Waals surface area contributed by atoms with Gasteiger partial charge in [0.05, 0.1) is 23.1 Å². The fourth-order valence-corrected chi connectivity index (χ4v) is 3.75. The number of amides is 1. The minimum absolute atomic E-state index is 0.125. The lowest BCUT2D eigenvalue weighted by Crippen LogP contribution is -2.28. The van der Waals surface area contributed by atoms with E-state index < -0.39 is 9.84 Å². The lowest BCUT2D eigenvalue weighted by molar-refractivity contribution is -0.121. The van der Waals surface area contributed by atoms with E-state index in [1.807, 2.05) is 29.1 Å². The zero-order valence-electron chi connectivity index (χ0n) is 13.3. The van der Waals surface area contributed by atoms with Crippen LogP contribution in [0.1, 0.15) is 24.2 Å². The first-order chi connectivity index (χ1) is 11.3. The van der Waals surface area contributed by atoms with Gasteiger partial charge in [0, 0.05) is 24.0 Å². The number of hydrogen-bond acceptors (Lipinski definition) is 5. The molecule has 0 aliphatic rings. The SMILES string of the molecule is CC(NC(=O)Cc1cn2ccsc2n1)c1ccc(S(C)(=O)=O)cc1. The third-order valence-corrected chi connectivity index (χ3v) is 5.57. The number of nitrogens with one attached hydrogen (secondary N) is 1. The van der Waals surface area contributed by atoms with E-state index >= 15 is 0 Å². The van der Waals surface area contributed by atoms with Gasteiger partial charge in [-0.1, -0.05) is 12.1 Å². The fourth-order valence-electron chi connectivity index (χ4n) is 2.41. The molecule has 1 atom stereocenters. The van der Waals surface area contributed by atoms with Gasteiger partial charge in [-0.2, -0.15) is 0 Å². The van der Waals surface area contributed by atoms with Gasteiger partial charge < -0.3 is 5.32 Å². The number of thiazole rings is 1. The van der Waals surface area contributed by atoms with Gasteiger partial charge in [0.15, 0.2) is 14.8 Å². The number of benzene rings is 1. The molecule has 3 rings (SSSR count). The van der Waals surface area contributed by atoms with Crippen LogP contribution in [0.5, 0.6) is 0 Å². The summed E-state index contributed by atoms with van der Waals surface area (Å²) in [7, 11) is -3.21. The lowest BCUT2D eigenvalue weighted by atomic mass is 10.1. The Kier molecular flexibility index (Phi) is 4.42. The molecule has 0 saturated carbocycles. The predicted molar refractivity (Wildman–Crippen MR) is 92.9 cm³/mol. The molecule has 2 heterocycles. The zero-order chi connectivity index (χ0) is 17.3. The summed E-state index contributed by atoms with van der Waals surface area (Å²) in [5, 5.41) is 4.84. The minimum atomic E-state index is -3.21. The van der Waals surface area contributed by atoms with Crippen LogP contribution < -0.4 is 5.32 Å². The van der Waals surface area contributed by atoms with Crippen molar-refractivity contribution in [2.24, 2.45) is 0 Å². The minimum Gasteiger partial charge on any atom is -0.349 e. The van der Waals surface area contributed by atoms with Gasteiger partial charge in [-0.15, -0.1) is 11.3 Å². The Bertz CT molecular complexity index is 943. The summed E-state index contributed by atoms with van der Waals surface area (Å²) >= 11 is 1.52. The Hall–Kier alpha value is -2.19. The van der Waals surface area contributed by atoms with Crippen molar-refractivity contribution >= 4 is 32.0 Å². The van der Waals surface area contributed by atoms with E-state index in [0.29, 0.717) is 0 Å². The molecule has 1 amide bonds. The van der Waals surface area contributed by atoms with Crippen molar-refractivity contribution in [3.05, 3.63) is 53.3 Å². The fraction of sp³-hybridized carbons (Fsp3) is 0.250. The van der Waals surface area contributed by atoms with E-state index in [0.717, 1.165) is 16.2 Å². The highest BCUT2D eigenvalue weighted by atomic mass is 32.2. The average molecular weight is 363 g/mol. The van der Waals surface area contributed by atoms with Gasteiger partial charge in [0.2, 0.25) is 5.91 Å². The molecule has 1 N–H and O–H groups in total. The Balaban J connectivity index is 1.64. The van der Waals surface area contributed by atoms with Gasteiger partial charge in [-0.05, 0) is 24.6 Å². The molecule has 0 aliphatic heterocycles. The molecule has 0 aliphatic carbocycles. The first-order valence-corrected chi connectivity index (χ1v) is 10.1. The second kappa shape index (κ2) is 6.37. The van der Waals surface area contributed by atoms with Crippen LogP contribution >= 0.6 is 11.3 Å². The highest BCUT2D eigenvalue weighted by Crippen LogP contribution is 2.17. The maximum Gasteiger partial charge on any atom is 0.226 e. The van der Waals surface area contributed by atoms with Crippen LogP contribution in [0.4, 0.5) is 0 Å². The van der Waals surface area contributed by atoms with E-state index in [4.69, 9.17) is 0 Å². The summed E-state index contributed by atoms with van der Waals surface area (Å²) < 4.78 is 24.8. The first-order valence-electron chi connectivity index (χ1n) is 7.33. The van der Waals surface area contributed by atoms with E-state index in [1.54, 1.807) is 24.3 Å². The Morgan fingerprint density at radius 3 is 2.67 bits per heavy atom. The number of carbonyl (C=O) groups excluding carboxylic acids is 1. The molecule has 8 heteroatoms. The Morgan fingerprint density at radius 2 is 2.04 bits per heavy atom. The van der Waals surface area contributed by atoms with Crippen LogP contribution in [0.15, 0.2) is 46.9 Å². The number of nitrogens with zero attached hydrogens (tertiary/aromatic N) is 2. The van der Waals surface area contributed by atoms with Gasteiger partial charge in [-0.3, -0.25) is 9.20 Å². The number of aromatic nitrogens is 2. The average Bonchev–Trinajstić information content (AvgIpc) is 3.07. The molecular formula is C16H17N3O3S2. The van der Waals surface area contributed by atoms with E-state index in [9.17, 15) is 13.2 Å². The molecule has 3 aromatic rings. The second-order valence-electron chi connectivity index (χ2n) is 5.63. The standard InChI is InChI=1S/C16H17N3O3S2/c1-11(12-3-5-14(6-4-12)24(2,21)22)17-15(20)9-13-10-19-7-8-23-16(19)18-13/h3-8,10-11H,9H2,1-2H3,(H,17,20). The van der Waals surface area contributed by atoms with Crippen LogP contribution in [0.3, 0.4) is 0 Å². The lowest BCUT2D eigenvalue weighted by Gasteiger charge is -2.14. The molecule has 0 saturated heterocycles. The first kappa shape index (κ1) is 16.7. The summed E-state index contributed by atoms with van der Waals surface area (Å²) in [5.41, 5.74) is 1.57. The van der Waals surface area contributed by atoms with Crippen molar-refractivity contribution in [3.63, 3.8) is 0 Å². The van der Waals surface area contributed by atoms with Crippen LogP contribution in [0.2, 0.25) is 0 Å². The number of imidazole rings is 1. The largest absolute Gasteiger partial charge is 0.349 e. The topological polar surface area (TPSA) is 80.5 Å². The number of rotatable bonds is 5. The highest BCUT2D eigenvalue weighted by Gasteiger charge is 2.13. The van der Waals surface area contributed by atoms with Crippen molar-refractivity contribution in [2.75, 3.05) is 6.26 Å². The van der Waals surface area contributed by atoms with Crippen molar-refractivity contribution in [3.8, 4) is 0 Å². The Labute approximate surface area is 144 Å². The summed E-state index contributed by atoms with van der Waals surface area (Å²) in [4.78, 5) is 17.7. The quantitative estimate of drug-likeness (QED) is 0.754. The molecule has 24 heavy (non-hydrogen) atoms. The summed E-state index contributed by atoms with van der Waals surface area (Å²) in [6.07, 6.45) is 5.13. The summed E-state index contributed by atoms with van der Waals surface area (Å²) in [6.45, 7) is 1.86. The summed E-state index contributed by atoms with van der Waals surface area (Å²) in [5.74, 6) is -0.125. The van der Waals surface area contributed by atoms with Crippen LogP contribution in [0.25, 0.3) is 4.96 Å². The normalized spacial score (nSPS) is 13.1. The molecular weight excluding hydrogens is 346 g/mol. The van der Waals surface area contributed by atoms with E-state index in [2.05, 4.69) is 10.3 Å². The van der Waals surface area contributed by atoms with Gasteiger partial charge in [-0.25, -0.2) is 13.4 Å². The van der Waals surface area contributed by atoms with Gasteiger partial charge in [0.1, 0.15) is 0 Å².